The van der Waals surface area contributed by atoms with Crippen molar-refractivity contribution in [3.8, 4) is 11.5 Å². The molecule has 1 heterocycles. The molecule has 1 fully saturated rings. The van der Waals surface area contributed by atoms with Gasteiger partial charge in [-0.1, -0.05) is 43.2 Å². The minimum atomic E-state index is -2.91. The first-order chi connectivity index (χ1) is 18.7. The molecule has 1 aliphatic heterocycles. The maximum Gasteiger partial charge on any atom is 0.257 e. The molecule has 5 nitrogen and oxygen atoms in total. The monoisotopic (exact) mass is 562 g/mol. The molecule has 0 radical (unpaired) electrons. The predicted molar refractivity (Wildman–Crippen MR) is 153 cm³/mol. The Morgan fingerprint density at radius 2 is 1.92 bits per heavy atom. The molecule has 1 saturated heterocycles. The van der Waals surface area contributed by atoms with Crippen molar-refractivity contribution in [2.75, 3.05) is 33.9 Å². The summed E-state index contributed by atoms with van der Waals surface area (Å²) in [5, 5.41) is 2.93. The van der Waals surface area contributed by atoms with E-state index >= 15 is 8.78 Å². The number of alkyl halides is 2. The van der Waals surface area contributed by atoms with Crippen LogP contribution in [-0.4, -0.2) is 50.6 Å². The van der Waals surface area contributed by atoms with E-state index in [1.165, 1.54) is 0 Å². The minimum absolute atomic E-state index is 0.228. The Kier molecular flexibility index (Phi) is 11.5. The van der Waals surface area contributed by atoms with Crippen LogP contribution >= 0.6 is 11.6 Å². The zero-order chi connectivity index (χ0) is 28.4. The van der Waals surface area contributed by atoms with Crippen LogP contribution in [0, 0.1) is 5.92 Å². The van der Waals surface area contributed by atoms with Gasteiger partial charge in [0.1, 0.15) is 11.5 Å². The number of hydrogen-bond donors (Lipinski definition) is 1. The molecule has 1 aliphatic rings. The lowest BCUT2D eigenvalue weighted by atomic mass is 9.86. The van der Waals surface area contributed by atoms with Gasteiger partial charge in [0.05, 0.1) is 30.2 Å². The van der Waals surface area contributed by atoms with Crippen LogP contribution in [0.15, 0.2) is 54.2 Å². The number of nitrogens with one attached hydrogen (secondary N) is 1. The van der Waals surface area contributed by atoms with E-state index in [2.05, 4.69) is 10.2 Å². The highest BCUT2D eigenvalue weighted by molar-refractivity contribution is 6.34. The van der Waals surface area contributed by atoms with Crippen molar-refractivity contribution < 1.29 is 23.0 Å². The fourth-order valence-electron chi connectivity index (χ4n) is 5.29. The van der Waals surface area contributed by atoms with Crippen LogP contribution in [0.25, 0.3) is 0 Å². The Morgan fingerprint density at radius 3 is 2.54 bits per heavy atom. The standard InChI is InChI=1S/C31H41ClF2N2O3/c1-5-9-28(29(31(2,33)34)23-11-8-12-24(20-23)38-4)36-17-15-22(16-18-36)10-6-7-19-39-25-13-14-26(27(32)21-25)30(37)35-3/h8-9,11-14,20-22,29H,5-7,10,15-19H2,1-4H3,(H,35,37)/b28-9-. The number of allylic oxidation sites excluding steroid dienone is 2. The van der Waals surface area contributed by atoms with Gasteiger partial charge in [-0.2, -0.15) is 0 Å². The minimum Gasteiger partial charge on any atom is -0.497 e. The summed E-state index contributed by atoms with van der Waals surface area (Å²) in [4.78, 5) is 13.9. The van der Waals surface area contributed by atoms with Crippen molar-refractivity contribution in [3.63, 3.8) is 0 Å². The van der Waals surface area contributed by atoms with Crippen LogP contribution in [0.4, 0.5) is 8.78 Å². The molecule has 2 aromatic rings. The quantitative estimate of drug-likeness (QED) is 0.254. The summed E-state index contributed by atoms with van der Waals surface area (Å²) in [7, 11) is 3.12. The molecular weight excluding hydrogens is 522 g/mol. The van der Waals surface area contributed by atoms with Gasteiger partial charge in [-0.3, -0.25) is 4.79 Å². The number of ether oxygens (including phenoxy) is 2. The van der Waals surface area contributed by atoms with Gasteiger partial charge >= 0.3 is 0 Å². The number of carbonyl (C=O) groups excluding carboxylic acids is 1. The highest BCUT2D eigenvalue weighted by Gasteiger charge is 2.40. The topological polar surface area (TPSA) is 50.8 Å². The highest BCUT2D eigenvalue weighted by atomic mass is 35.5. The molecule has 1 N–H and O–H groups in total. The number of hydrogen-bond acceptors (Lipinski definition) is 4. The molecule has 0 bridgehead atoms. The summed E-state index contributed by atoms with van der Waals surface area (Å²) in [6.07, 6.45) is 7.67. The van der Waals surface area contributed by atoms with E-state index in [1.54, 1.807) is 56.6 Å². The smallest absolute Gasteiger partial charge is 0.257 e. The van der Waals surface area contributed by atoms with Crippen LogP contribution in [0.1, 0.15) is 74.2 Å². The first kappa shape index (κ1) is 30.7. The molecule has 1 atom stereocenters. The number of piperidine rings is 1. The number of amides is 1. The van der Waals surface area contributed by atoms with Crippen molar-refractivity contribution in [3.05, 3.63) is 70.4 Å². The lowest BCUT2D eigenvalue weighted by molar-refractivity contribution is -0.00678. The Labute approximate surface area is 236 Å². The fraction of sp³-hybridized carbons (Fsp3) is 0.516. The van der Waals surface area contributed by atoms with Gasteiger partial charge in [0.15, 0.2) is 0 Å². The van der Waals surface area contributed by atoms with Crippen LogP contribution in [0.2, 0.25) is 5.02 Å². The molecule has 0 aromatic heterocycles. The van der Waals surface area contributed by atoms with E-state index in [4.69, 9.17) is 21.1 Å². The summed E-state index contributed by atoms with van der Waals surface area (Å²) < 4.78 is 41.2. The third kappa shape index (κ3) is 8.59. The van der Waals surface area contributed by atoms with Gasteiger partial charge < -0.3 is 19.7 Å². The average Bonchev–Trinajstić information content (AvgIpc) is 2.92. The zero-order valence-electron chi connectivity index (χ0n) is 23.4. The summed E-state index contributed by atoms with van der Waals surface area (Å²) in [5.74, 6) is -2.34. The average molecular weight is 563 g/mol. The fourth-order valence-corrected chi connectivity index (χ4v) is 5.55. The SMILES string of the molecule is CC/C=C(/C(c1cccc(OC)c1)C(C)(F)F)N1CCC(CCCCOc2ccc(C(=O)NC)c(Cl)c2)CC1. The number of benzene rings is 2. The predicted octanol–water partition coefficient (Wildman–Crippen LogP) is 7.70. The molecule has 1 unspecified atom stereocenters. The van der Waals surface area contributed by atoms with Crippen molar-refractivity contribution in [2.45, 2.75) is 64.2 Å². The van der Waals surface area contributed by atoms with Crippen LogP contribution in [0.3, 0.4) is 0 Å². The molecule has 2 aromatic carbocycles. The zero-order valence-corrected chi connectivity index (χ0v) is 24.2. The van der Waals surface area contributed by atoms with E-state index < -0.39 is 11.8 Å². The third-order valence-electron chi connectivity index (χ3n) is 7.31. The van der Waals surface area contributed by atoms with Crippen molar-refractivity contribution in [1.82, 2.24) is 10.2 Å². The van der Waals surface area contributed by atoms with Crippen LogP contribution < -0.4 is 14.8 Å². The summed E-state index contributed by atoms with van der Waals surface area (Å²) in [6, 6.07) is 12.2. The van der Waals surface area contributed by atoms with E-state index in [0.717, 1.165) is 52.1 Å². The van der Waals surface area contributed by atoms with Crippen molar-refractivity contribution in [2.24, 2.45) is 5.92 Å². The normalized spacial score (nSPS) is 15.7. The largest absolute Gasteiger partial charge is 0.497 e. The molecule has 8 heteroatoms. The maximum atomic E-state index is 15.0. The van der Waals surface area contributed by atoms with Gasteiger partial charge in [0, 0.05) is 32.8 Å². The van der Waals surface area contributed by atoms with Gasteiger partial charge in [-0.05, 0) is 73.9 Å². The van der Waals surface area contributed by atoms with Gasteiger partial charge in [0.25, 0.3) is 11.8 Å². The third-order valence-corrected chi connectivity index (χ3v) is 7.62. The van der Waals surface area contributed by atoms with E-state index in [0.29, 0.717) is 52.3 Å². The molecule has 0 spiro atoms. The van der Waals surface area contributed by atoms with E-state index in [9.17, 15) is 4.79 Å². The summed E-state index contributed by atoms with van der Waals surface area (Å²) in [6.45, 7) is 5.14. The first-order valence-electron chi connectivity index (χ1n) is 13.8. The lowest BCUT2D eigenvalue weighted by Gasteiger charge is -2.40. The van der Waals surface area contributed by atoms with E-state index in [-0.39, 0.29) is 5.91 Å². The molecule has 39 heavy (non-hydrogen) atoms. The second kappa shape index (κ2) is 14.5. The highest BCUT2D eigenvalue weighted by Crippen LogP contribution is 2.42. The Morgan fingerprint density at radius 1 is 1.18 bits per heavy atom. The molecule has 214 valence electrons. The lowest BCUT2D eigenvalue weighted by Crippen LogP contribution is -2.39. The number of likely N-dealkylation sites (tertiary alicyclic amines) is 1. The summed E-state index contributed by atoms with van der Waals surface area (Å²) >= 11 is 6.20. The van der Waals surface area contributed by atoms with Crippen molar-refractivity contribution >= 4 is 17.5 Å². The summed E-state index contributed by atoms with van der Waals surface area (Å²) in [5.41, 5.74) is 1.71. The maximum absolute atomic E-state index is 15.0. The Bertz CT molecular complexity index is 1110. The van der Waals surface area contributed by atoms with Crippen molar-refractivity contribution in [1.29, 1.82) is 0 Å². The number of halogens is 3. The molecule has 1 amide bonds. The van der Waals surface area contributed by atoms with E-state index in [1.807, 2.05) is 13.0 Å². The number of nitrogens with zero attached hydrogens (tertiary/aromatic N) is 1. The number of rotatable bonds is 13. The number of carbonyl (C=O) groups is 1. The van der Waals surface area contributed by atoms with Crippen LogP contribution in [-0.2, 0) is 0 Å². The Balaban J connectivity index is 1.51. The number of methoxy groups -OCH3 is 1. The second-order valence-electron chi connectivity index (χ2n) is 10.2. The molecular formula is C31H41ClF2N2O3. The molecule has 3 rings (SSSR count). The van der Waals surface area contributed by atoms with Gasteiger partial charge in [-0.25, -0.2) is 8.78 Å². The van der Waals surface area contributed by atoms with Crippen LogP contribution in [0.5, 0.6) is 11.5 Å². The molecule has 0 aliphatic carbocycles. The first-order valence-corrected chi connectivity index (χ1v) is 14.2. The Hall–Kier alpha value is -2.80. The van der Waals surface area contributed by atoms with Gasteiger partial charge in [0.2, 0.25) is 0 Å². The number of unbranched alkanes of at least 4 members (excludes halogenated alkanes) is 1. The second-order valence-corrected chi connectivity index (χ2v) is 10.6. The van der Waals surface area contributed by atoms with Gasteiger partial charge in [-0.15, -0.1) is 0 Å². The molecule has 0 saturated carbocycles.